The van der Waals surface area contributed by atoms with E-state index in [0.717, 1.165) is 59.0 Å². The Balaban J connectivity index is 1.21. The van der Waals surface area contributed by atoms with Gasteiger partial charge in [0.1, 0.15) is 24.3 Å². The normalized spacial score (nSPS) is 21.3. The molecule has 0 fully saturated rings. The second kappa shape index (κ2) is 7.24. The highest BCUT2D eigenvalue weighted by atomic mass is 32.2. The maximum Gasteiger partial charge on any atom is 0.169 e. The van der Waals surface area contributed by atoms with Crippen molar-refractivity contribution in [2.24, 2.45) is 0 Å². The van der Waals surface area contributed by atoms with Gasteiger partial charge < -0.3 is 26.0 Å². The quantitative estimate of drug-likeness (QED) is 0.497. The van der Waals surface area contributed by atoms with Gasteiger partial charge in [0.15, 0.2) is 11.6 Å². The summed E-state index contributed by atoms with van der Waals surface area (Å²) in [6.07, 6.45) is 3.69. The molecule has 152 valence electrons. The molecular formula is C21H21N7OS. The van der Waals surface area contributed by atoms with Gasteiger partial charge >= 0.3 is 0 Å². The van der Waals surface area contributed by atoms with Crippen LogP contribution in [-0.4, -0.2) is 40.4 Å². The van der Waals surface area contributed by atoms with E-state index in [9.17, 15) is 0 Å². The molecule has 2 atom stereocenters. The topological polar surface area (TPSA) is 96.0 Å². The lowest BCUT2D eigenvalue weighted by molar-refractivity contribution is 0.282. The van der Waals surface area contributed by atoms with E-state index in [1.165, 1.54) is 4.90 Å². The Bertz CT molecular complexity index is 1110. The first-order valence-corrected chi connectivity index (χ1v) is 11.0. The van der Waals surface area contributed by atoms with E-state index in [2.05, 4.69) is 49.4 Å². The number of ether oxygens (including phenoxy) is 1. The minimum absolute atomic E-state index is 0.0256. The molecule has 3 aromatic rings. The molecule has 0 saturated heterocycles. The molecule has 0 aromatic carbocycles. The van der Waals surface area contributed by atoms with Crippen LogP contribution in [0.25, 0.3) is 0 Å². The second-order valence-corrected chi connectivity index (χ2v) is 8.60. The van der Waals surface area contributed by atoms with E-state index in [1.807, 2.05) is 30.1 Å². The number of thioether (sulfide) groups is 1. The smallest absolute Gasteiger partial charge is 0.169 e. The van der Waals surface area contributed by atoms with Crippen molar-refractivity contribution in [1.82, 2.24) is 15.0 Å². The van der Waals surface area contributed by atoms with Gasteiger partial charge in [0.2, 0.25) is 0 Å². The fourth-order valence-electron chi connectivity index (χ4n) is 3.94. The van der Waals surface area contributed by atoms with Crippen molar-refractivity contribution in [2.75, 3.05) is 46.7 Å². The number of anilines is 4. The first-order valence-electron chi connectivity index (χ1n) is 10.1. The van der Waals surface area contributed by atoms with Crippen LogP contribution in [0, 0.1) is 0 Å². The molecule has 9 heteroatoms. The Morgan fingerprint density at radius 3 is 3.00 bits per heavy atom. The summed E-state index contributed by atoms with van der Waals surface area (Å²) in [4.78, 5) is 15.0. The van der Waals surface area contributed by atoms with E-state index in [-0.39, 0.29) is 12.1 Å². The summed E-state index contributed by atoms with van der Waals surface area (Å²) < 4.78 is 6.08. The molecule has 30 heavy (non-hydrogen) atoms. The van der Waals surface area contributed by atoms with Gasteiger partial charge in [-0.05, 0) is 35.9 Å². The number of nitrogens with one attached hydrogen (secondary N) is 4. The minimum Gasteiger partial charge on any atom is -0.487 e. The lowest BCUT2D eigenvalue weighted by Gasteiger charge is -2.30. The van der Waals surface area contributed by atoms with E-state index < -0.39 is 0 Å². The third-order valence-electron chi connectivity index (χ3n) is 5.49. The van der Waals surface area contributed by atoms with E-state index in [0.29, 0.717) is 6.61 Å². The molecule has 0 radical (unpaired) electrons. The SMILES string of the molecule is c1cnc2c(c1)NC(c1cnc3c(c1)OCC(c1ccc4c(n1)NCCS4)N3)CN2. The van der Waals surface area contributed by atoms with Gasteiger partial charge in [0, 0.05) is 36.1 Å². The molecule has 8 nitrogen and oxygen atoms in total. The highest BCUT2D eigenvalue weighted by Crippen LogP contribution is 2.37. The van der Waals surface area contributed by atoms with Crippen LogP contribution in [0.3, 0.4) is 0 Å². The largest absolute Gasteiger partial charge is 0.487 e. The van der Waals surface area contributed by atoms with Crippen molar-refractivity contribution in [3.8, 4) is 5.75 Å². The van der Waals surface area contributed by atoms with Crippen molar-refractivity contribution in [3.63, 3.8) is 0 Å². The second-order valence-electron chi connectivity index (χ2n) is 7.46. The Morgan fingerprint density at radius 1 is 1.00 bits per heavy atom. The van der Waals surface area contributed by atoms with Gasteiger partial charge in [0.25, 0.3) is 0 Å². The Labute approximate surface area is 178 Å². The summed E-state index contributed by atoms with van der Waals surface area (Å²) in [5, 5.41) is 13.8. The summed E-state index contributed by atoms with van der Waals surface area (Å²) >= 11 is 1.84. The maximum atomic E-state index is 6.08. The van der Waals surface area contributed by atoms with Crippen molar-refractivity contribution in [1.29, 1.82) is 0 Å². The summed E-state index contributed by atoms with van der Waals surface area (Å²) in [5.41, 5.74) is 3.03. The summed E-state index contributed by atoms with van der Waals surface area (Å²) in [6.45, 7) is 2.20. The van der Waals surface area contributed by atoms with Gasteiger partial charge in [-0.2, -0.15) is 0 Å². The fourth-order valence-corrected chi connectivity index (χ4v) is 4.78. The van der Waals surface area contributed by atoms with E-state index in [1.54, 1.807) is 6.20 Å². The standard InChI is InChI=1S/C21H21N7OS/c1-2-14-19(22-5-1)25-10-15(26-14)12-8-17-20(24-9-12)28-16(11-29-17)13-3-4-18-21(27-13)23-6-7-30-18/h1-5,8-9,15-16,26H,6-7,10-11H2,(H,22,25)(H,23,27)(H,24,28). The average Bonchev–Trinajstić information content (AvgIpc) is 2.83. The van der Waals surface area contributed by atoms with Crippen LogP contribution in [0.5, 0.6) is 5.75 Å². The van der Waals surface area contributed by atoms with Crippen LogP contribution in [0.2, 0.25) is 0 Å². The summed E-state index contributed by atoms with van der Waals surface area (Å²) in [7, 11) is 0. The van der Waals surface area contributed by atoms with E-state index in [4.69, 9.17) is 9.72 Å². The fraction of sp³-hybridized carbons (Fsp3) is 0.286. The number of nitrogens with zero attached hydrogens (tertiary/aromatic N) is 3. The number of pyridine rings is 3. The number of hydrogen-bond acceptors (Lipinski definition) is 9. The van der Waals surface area contributed by atoms with Crippen LogP contribution in [0.15, 0.2) is 47.6 Å². The zero-order valence-corrected chi connectivity index (χ0v) is 17.0. The number of fused-ring (bicyclic) bond motifs is 3. The number of hydrogen-bond donors (Lipinski definition) is 4. The zero-order valence-electron chi connectivity index (χ0n) is 16.2. The van der Waals surface area contributed by atoms with Crippen molar-refractivity contribution >= 4 is 34.9 Å². The molecule has 3 aliphatic heterocycles. The van der Waals surface area contributed by atoms with Gasteiger partial charge in [-0.3, -0.25) is 0 Å². The Morgan fingerprint density at radius 2 is 2.00 bits per heavy atom. The van der Waals surface area contributed by atoms with Gasteiger partial charge in [-0.25, -0.2) is 15.0 Å². The predicted molar refractivity (Wildman–Crippen MR) is 119 cm³/mol. The van der Waals surface area contributed by atoms with Crippen LogP contribution in [0.4, 0.5) is 23.1 Å². The highest BCUT2D eigenvalue weighted by molar-refractivity contribution is 7.99. The monoisotopic (exact) mass is 419 g/mol. The van der Waals surface area contributed by atoms with Crippen LogP contribution >= 0.6 is 11.8 Å². The Kier molecular flexibility index (Phi) is 4.26. The first kappa shape index (κ1) is 17.6. The summed E-state index contributed by atoms with van der Waals surface area (Å²) in [5.74, 6) is 4.44. The van der Waals surface area contributed by atoms with Gasteiger partial charge in [0.05, 0.1) is 17.4 Å². The molecule has 0 aliphatic carbocycles. The third-order valence-corrected chi connectivity index (χ3v) is 6.54. The predicted octanol–water partition coefficient (Wildman–Crippen LogP) is 3.51. The molecule has 0 amide bonds. The molecule has 3 aliphatic rings. The third kappa shape index (κ3) is 3.15. The van der Waals surface area contributed by atoms with Gasteiger partial charge in [-0.15, -0.1) is 11.8 Å². The van der Waals surface area contributed by atoms with Crippen LogP contribution in [0.1, 0.15) is 23.3 Å². The van der Waals surface area contributed by atoms with Crippen molar-refractivity contribution in [2.45, 2.75) is 17.0 Å². The molecule has 0 spiro atoms. The lowest BCUT2D eigenvalue weighted by atomic mass is 10.1. The molecule has 0 saturated carbocycles. The lowest BCUT2D eigenvalue weighted by Crippen LogP contribution is -2.28. The summed E-state index contributed by atoms with van der Waals surface area (Å²) in [6, 6.07) is 10.3. The maximum absolute atomic E-state index is 6.08. The molecular weight excluding hydrogens is 398 g/mol. The molecule has 4 N–H and O–H groups in total. The van der Waals surface area contributed by atoms with E-state index >= 15 is 0 Å². The number of rotatable bonds is 2. The van der Waals surface area contributed by atoms with Crippen LogP contribution < -0.4 is 26.0 Å². The Hall–Kier alpha value is -3.20. The first-order chi connectivity index (χ1) is 14.8. The molecule has 0 bridgehead atoms. The average molecular weight is 420 g/mol. The molecule has 6 rings (SSSR count). The zero-order chi connectivity index (χ0) is 19.9. The number of aromatic nitrogens is 3. The molecule has 6 heterocycles. The van der Waals surface area contributed by atoms with Crippen LogP contribution in [-0.2, 0) is 0 Å². The van der Waals surface area contributed by atoms with Crippen molar-refractivity contribution < 1.29 is 4.74 Å². The van der Waals surface area contributed by atoms with Crippen molar-refractivity contribution in [3.05, 3.63) is 54.0 Å². The minimum atomic E-state index is -0.0256. The highest BCUT2D eigenvalue weighted by Gasteiger charge is 2.26. The molecule has 2 unspecified atom stereocenters. The van der Waals surface area contributed by atoms with Gasteiger partial charge in [-0.1, -0.05) is 0 Å². The molecule has 3 aromatic heterocycles.